The fourth-order valence-electron chi connectivity index (χ4n) is 2.87. The van der Waals surface area contributed by atoms with Gasteiger partial charge in [0.2, 0.25) is 0 Å². The second-order valence-electron chi connectivity index (χ2n) is 5.26. The second kappa shape index (κ2) is 5.63. The number of nitrogens with zero attached hydrogens (tertiary/aromatic N) is 3. The van der Waals surface area contributed by atoms with Gasteiger partial charge in [0.1, 0.15) is 12.2 Å². The molecule has 0 bridgehead atoms. The van der Waals surface area contributed by atoms with E-state index in [0.717, 1.165) is 19.0 Å². The molecule has 0 spiro atoms. The molecular formula is C13H24N4. The zero-order valence-electron chi connectivity index (χ0n) is 11.2. The summed E-state index contributed by atoms with van der Waals surface area (Å²) in [5.74, 6) is 2.52. The predicted molar refractivity (Wildman–Crippen MR) is 69.0 cm³/mol. The summed E-state index contributed by atoms with van der Waals surface area (Å²) in [5.41, 5.74) is 0. The van der Waals surface area contributed by atoms with E-state index in [0.29, 0.717) is 12.0 Å². The molecule has 0 radical (unpaired) electrons. The van der Waals surface area contributed by atoms with Crippen LogP contribution in [0.25, 0.3) is 0 Å². The summed E-state index contributed by atoms with van der Waals surface area (Å²) in [6.07, 6.45) is 5.62. The van der Waals surface area contributed by atoms with Gasteiger partial charge in [-0.15, -0.1) is 0 Å². The van der Waals surface area contributed by atoms with Gasteiger partial charge in [-0.1, -0.05) is 13.3 Å². The Morgan fingerprint density at radius 3 is 3.00 bits per heavy atom. The summed E-state index contributed by atoms with van der Waals surface area (Å²) in [6, 6.07) is 0.410. The molecule has 0 aliphatic heterocycles. The van der Waals surface area contributed by atoms with Crippen molar-refractivity contribution in [3.05, 3.63) is 12.2 Å². The van der Waals surface area contributed by atoms with Gasteiger partial charge in [0.15, 0.2) is 0 Å². The summed E-state index contributed by atoms with van der Waals surface area (Å²) >= 11 is 0. The Morgan fingerprint density at radius 1 is 1.47 bits per heavy atom. The molecule has 4 nitrogen and oxygen atoms in total. The summed E-state index contributed by atoms with van der Waals surface area (Å²) in [7, 11) is 0. The lowest BCUT2D eigenvalue weighted by atomic mass is 9.95. The molecule has 0 amide bonds. The molecule has 1 saturated carbocycles. The Bertz CT molecular complexity index is 345. The molecule has 1 heterocycles. The van der Waals surface area contributed by atoms with Crippen LogP contribution in [-0.2, 0) is 0 Å². The third-order valence-corrected chi connectivity index (χ3v) is 3.74. The number of aromatic nitrogens is 3. The topological polar surface area (TPSA) is 42.7 Å². The van der Waals surface area contributed by atoms with Crippen LogP contribution in [0.2, 0.25) is 0 Å². The van der Waals surface area contributed by atoms with Gasteiger partial charge in [0, 0.05) is 12.0 Å². The van der Waals surface area contributed by atoms with E-state index < -0.39 is 0 Å². The van der Waals surface area contributed by atoms with Crippen LogP contribution in [0, 0.1) is 5.92 Å². The van der Waals surface area contributed by atoms with Gasteiger partial charge in [-0.25, -0.2) is 9.67 Å². The SMILES string of the molecule is CCNCC1CCCC1c1ncnn1C(C)C. The normalized spacial score (nSPS) is 24.7. The first-order valence-electron chi connectivity index (χ1n) is 6.84. The average Bonchev–Trinajstić information content (AvgIpc) is 2.94. The number of nitrogens with one attached hydrogen (secondary N) is 1. The van der Waals surface area contributed by atoms with Gasteiger partial charge >= 0.3 is 0 Å². The van der Waals surface area contributed by atoms with Crippen LogP contribution < -0.4 is 5.32 Å². The molecule has 1 fully saturated rings. The molecule has 17 heavy (non-hydrogen) atoms. The van der Waals surface area contributed by atoms with E-state index in [4.69, 9.17) is 0 Å². The third kappa shape index (κ3) is 2.68. The standard InChI is InChI=1S/C13H24N4/c1-4-14-8-11-6-5-7-12(11)13-15-9-16-17(13)10(2)3/h9-12,14H,4-8H2,1-3H3. The van der Waals surface area contributed by atoms with Gasteiger partial charge < -0.3 is 5.32 Å². The Morgan fingerprint density at radius 2 is 2.29 bits per heavy atom. The monoisotopic (exact) mass is 236 g/mol. The highest BCUT2D eigenvalue weighted by molar-refractivity contribution is 5.03. The van der Waals surface area contributed by atoms with Crippen molar-refractivity contribution >= 4 is 0 Å². The highest BCUT2D eigenvalue weighted by Gasteiger charge is 2.31. The highest BCUT2D eigenvalue weighted by Crippen LogP contribution is 2.38. The van der Waals surface area contributed by atoms with Crippen molar-refractivity contribution < 1.29 is 0 Å². The van der Waals surface area contributed by atoms with Crippen LogP contribution >= 0.6 is 0 Å². The summed E-state index contributed by atoms with van der Waals surface area (Å²) in [5, 5.41) is 7.83. The van der Waals surface area contributed by atoms with Crippen LogP contribution in [0.3, 0.4) is 0 Å². The number of rotatable bonds is 5. The van der Waals surface area contributed by atoms with Crippen molar-refractivity contribution in [1.82, 2.24) is 20.1 Å². The van der Waals surface area contributed by atoms with Crippen LogP contribution in [0.4, 0.5) is 0 Å². The van der Waals surface area contributed by atoms with E-state index in [-0.39, 0.29) is 0 Å². The molecule has 2 rings (SSSR count). The van der Waals surface area contributed by atoms with E-state index in [2.05, 4.69) is 40.9 Å². The van der Waals surface area contributed by atoms with Crippen LogP contribution in [0.1, 0.15) is 57.8 Å². The molecule has 4 heteroatoms. The lowest BCUT2D eigenvalue weighted by molar-refractivity contribution is 0.402. The minimum Gasteiger partial charge on any atom is -0.317 e. The maximum absolute atomic E-state index is 4.50. The Kier molecular flexibility index (Phi) is 4.15. The Hall–Kier alpha value is -0.900. The zero-order chi connectivity index (χ0) is 12.3. The first kappa shape index (κ1) is 12.6. The lowest BCUT2D eigenvalue weighted by Crippen LogP contribution is -2.26. The first-order valence-corrected chi connectivity index (χ1v) is 6.84. The second-order valence-corrected chi connectivity index (χ2v) is 5.26. The molecule has 1 aromatic heterocycles. The molecule has 0 saturated heterocycles. The van der Waals surface area contributed by atoms with E-state index in [1.165, 1.54) is 25.1 Å². The minimum atomic E-state index is 0.410. The molecule has 1 aromatic rings. The van der Waals surface area contributed by atoms with Crippen LogP contribution in [0.15, 0.2) is 6.33 Å². The molecular weight excluding hydrogens is 212 g/mol. The first-order chi connectivity index (χ1) is 8.24. The number of hydrogen-bond donors (Lipinski definition) is 1. The van der Waals surface area contributed by atoms with Gasteiger partial charge in [-0.3, -0.25) is 0 Å². The van der Waals surface area contributed by atoms with Gasteiger partial charge in [0.05, 0.1) is 0 Å². The van der Waals surface area contributed by atoms with E-state index in [1.54, 1.807) is 6.33 Å². The van der Waals surface area contributed by atoms with Crippen molar-refractivity contribution in [2.45, 2.75) is 52.0 Å². The van der Waals surface area contributed by atoms with Crippen molar-refractivity contribution in [2.75, 3.05) is 13.1 Å². The van der Waals surface area contributed by atoms with Crippen molar-refractivity contribution in [3.63, 3.8) is 0 Å². The van der Waals surface area contributed by atoms with Crippen molar-refractivity contribution in [3.8, 4) is 0 Å². The molecule has 2 unspecified atom stereocenters. The van der Waals surface area contributed by atoms with E-state index in [1.807, 2.05) is 0 Å². The molecule has 2 atom stereocenters. The predicted octanol–water partition coefficient (Wildman–Crippen LogP) is 2.35. The van der Waals surface area contributed by atoms with E-state index >= 15 is 0 Å². The molecule has 1 N–H and O–H groups in total. The van der Waals surface area contributed by atoms with Crippen molar-refractivity contribution in [1.29, 1.82) is 0 Å². The third-order valence-electron chi connectivity index (χ3n) is 3.74. The van der Waals surface area contributed by atoms with Gasteiger partial charge in [-0.05, 0) is 45.7 Å². The lowest BCUT2D eigenvalue weighted by Gasteiger charge is -2.21. The summed E-state index contributed by atoms with van der Waals surface area (Å²) < 4.78 is 2.09. The molecule has 1 aliphatic rings. The van der Waals surface area contributed by atoms with Crippen LogP contribution in [0.5, 0.6) is 0 Å². The van der Waals surface area contributed by atoms with E-state index in [9.17, 15) is 0 Å². The van der Waals surface area contributed by atoms with Gasteiger partial charge in [-0.2, -0.15) is 5.10 Å². The minimum absolute atomic E-state index is 0.410. The smallest absolute Gasteiger partial charge is 0.138 e. The van der Waals surface area contributed by atoms with Crippen LogP contribution in [-0.4, -0.2) is 27.9 Å². The molecule has 1 aliphatic carbocycles. The fourth-order valence-corrected chi connectivity index (χ4v) is 2.87. The average molecular weight is 236 g/mol. The molecule has 0 aromatic carbocycles. The summed E-state index contributed by atoms with van der Waals surface area (Å²) in [4.78, 5) is 4.50. The summed E-state index contributed by atoms with van der Waals surface area (Å²) in [6.45, 7) is 8.69. The fraction of sp³-hybridized carbons (Fsp3) is 0.846. The Labute approximate surface area is 104 Å². The maximum atomic E-state index is 4.50. The maximum Gasteiger partial charge on any atom is 0.138 e. The van der Waals surface area contributed by atoms with Crippen molar-refractivity contribution in [2.24, 2.45) is 5.92 Å². The number of hydrogen-bond acceptors (Lipinski definition) is 3. The largest absolute Gasteiger partial charge is 0.317 e. The molecule has 96 valence electrons. The highest BCUT2D eigenvalue weighted by atomic mass is 15.3. The zero-order valence-corrected chi connectivity index (χ0v) is 11.2. The van der Waals surface area contributed by atoms with Gasteiger partial charge in [0.25, 0.3) is 0 Å². The Balaban J connectivity index is 2.11. The quantitative estimate of drug-likeness (QED) is 0.853.